The fraction of sp³-hybridized carbons (Fsp3) is 0.417. The van der Waals surface area contributed by atoms with E-state index in [4.69, 9.17) is 4.74 Å². The van der Waals surface area contributed by atoms with Crippen LogP contribution in [-0.2, 0) is 4.79 Å². The highest BCUT2D eigenvalue weighted by Crippen LogP contribution is 2.33. The predicted octanol–water partition coefficient (Wildman–Crippen LogP) is 1.86. The lowest BCUT2D eigenvalue weighted by Crippen LogP contribution is -2.18. The minimum atomic E-state index is 0.671. The fourth-order valence-electron chi connectivity index (χ4n) is 2.05. The highest BCUT2D eigenvalue weighted by Gasteiger charge is 2.16. The molecule has 0 atom stereocenters. The maximum Gasteiger partial charge on any atom is 0.211 e. The number of amides is 1. The molecule has 1 aliphatic rings. The van der Waals surface area contributed by atoms with Crippen molar-refractivity contribution in [3.63, 3.8) is 0 Å². The summed E-state index contributed by atoms with van der Waals surface area (Å²) in [7, 11) is 1.65. The topological polar surface area (TPSA) is 41.6 Å². The van der Waals surface area contributed by atoms with E-state index in [2.05, 4.69) is 10.2 Å². The van der Waals surface area contributed by atoms with Crippen molar-refractivity contribution >= 4 is 17.8 Å². The van der Waals surface area contributed by atoms with Gasteiger partial charge >= 0.3 is 0 Å². The Morgan fingerprint density at radius 2 is 2.12 bits per heavy atom. The van der Waals surface area contributed by atoms with E-state index in [9.17, 15) is 4.79 Å². The number of methoxy groups -OCH3 is 1. The molecule has 0 spiro atoms. The first-order valence-electron chi connectivity index (χ1n) is 5.48. The third kappa shape index (κ3) is 2.10. The Morgan fingerprint density at radius 3 is 2.75 bits per heavy atom. The van der Waals surface area contributed by atoms with Crippen LogP contribution >= 0.6 is 0 Å². The first-order chi connectivity index (χ1) is 7.85. The molecule has 86 valence electrons. The summed E-state index contributed by atoms with van der Waals surface area (Å²) in [6, 6.07) is 5.74. The second-order valence-corrected chi connectivity index (χ2v) is 3.84. The lowest BCUT2D eigenvalue weighted by molar-refractivity contribution is -0.105. The van der Waals surface area contributed by atoms with Crippen LogP contribution in [0.5, 0.6) is 5.75 Å². The molecule has 1 aromatic rings. The maximum absolute atomic E-state index is 10.4. The molecule has 1 heterocycles. The van der Waals surface area contributed by atoms with E-state index < -0.39 is 0 Å². The third-order valence-electron chi connectivity index (χ3n) is 2.85. The summed E-state index contributed by atoms with van der Waals surface area (Å²) >= 11 is 0. The number of anilines is 2. The Hall–Kier alpha value is -1.71. The molecule has 1 amide bonds. The van der Waals surface area contributed by atoms with Gasteiger partial charge in [-0.05, 0) is 25.0 Å². The molecule has 0 unspecified atom stereocenters. The predicted molar refractivity (Wildman–Crippen MR) is 64.1 cm³/mol. The average molecular weight is 220 g/mol. The molecule has 1 fully saturated rings. The van der Waals surface area contributed by atoms with Crippen molar-refractivity contribution in [2.24, 2.45) is 0 Å². The zero-order valence-corrected chi connectivity index (χ0v) is 9.40. The van der Waals surface area contributed by atoms with Crippen LogP contribution in [0.15, 0.2) is 18.2 Å². The first-order valence-corrected chi connectivity index (χ1v) is 5.48. The highest BCUT2D eigenvalue weighted by molar-refractivity contribution is 5.75. The molecule has 0 saturated carbocycles. The molecular weight excluding hydrogens is 204 g/mol. The highest BCUT2D eigenvalue weighted by atomic mass is 16.5. The monoisotopic (exact) mass is 220 g/mol. The van der Waals surface area contributed by atoms with Gasteiger partial charge in [-0.3, -0.25) is 4.79 Å². The molecule has 0 aliphatic carbocycles. The van der Waals surface area contributed by atoms with Crippen LogP contribution in [0.1, 0.15) is 12.8 Å². The van der Waals surface area contributed by atoms with Gasteiger partial charge in [-0.25, -0.2) is 0 Å². The minimum absolute atomic E-state index is 0.671. The summed E-state index contributed by atoms with van der Waals surface area (Å²) in [5.74, 6) is 0.814. The van der Waals surface area contributed by atoms with Crippen LogP contribution in [0.25, 0.3) is 0 Å². The van der Waals surface area contributed by atoms with Crippen molar-refractivity contribution in [2.75, 3.05) is 30.4 Å². The lowest BCUT2D eigenvalue weighted by Gasteiger charge is -2.20. The molecule has 4 nitrogen and oxygen atoms in total. The summed E-state index contributed by atoms with van der Waals surface area (Å²) in [5, 5.41) is 2.62. The van der Waals surface area contributed by atoms with Gasteiger partial charge in [-0.2, -0.15) is 0 Å². The van der Waals surface area contributed by atoms with E-state index in [1.165, 1.54) is 12.8 Å². The number of rotatable bonds is 4. The van der Waals surface area contributed by atoms with Gasteiger partial charge < -0.3 is 15.0 Å². The number of carbonyl (C=O) groups is 1. The number of benzene rings is 1. The maximum atomic E-state index is 10.4. The van der Waals surface area contributed by atoms with Gasteiger partial charge in [0.25, 0.3) is 0 Å². The normalized spacial score (nSPS) is 14.9. The van der Waals surface area contributed by atoms with Crippen molar-refractivity contribution in [2.45, 2.75) is 12.8 Å². The SMILES string of the molecule is COc1cc(NC=O)ccc1N1CCCC1. The number of hydrogen-bond donors (Lipinski definition) is 1. The van der Waals surface area contributed by atoms with Crippen molar-refractivity contribution in [1.29, 1.82) is 0 Å². The van der Waals surface area contributed by atoms with E-state index >= 15 is 0 Å². The van der Waals surface area contributed by atoms with Crippen LogP contribution in [-0.4, -0.2) is 26.6 Å². The van der Waals surface area contributed by atoms with E-state index in [1.807, 2.05) is 18.2 Å². The zero-order valence-electron chi connectivity index (χ0n) is 9.40. The smallest absolute Gasteiger partial charge is 0.211 e. The molecular formula is C12H16N2O2. The lowest BCUT2D eigenvalue weighted by atomic mass is 10.2. The Kier molecular flexibility index (Phi) is 3.29. The Bertz CT molecular complexity index is 373. The quantitative estimate of drug-likeness (QED) is 0.787. The number of hydrogen-bond acceptors (Lipinski definition) is 3. The molecule has 1 N–H and O–H groups in total. The molecule has 1 aromatic carbocycles. The Balaban J connectivity index is 2.26. The summed E-state index contributed by atoms with van der Waals surface area (Å²) < 4.78 is 5.35. The van der Waals surface area contributed by atoms with Crippen molar-refractivity contribution in [1.82, 2.24) is 0 Å². The van der Waals surface area contributed by atoms with Gasteiger partial charge in [-0.1, -0.05) is 0 Å². The summed E-state index contributed by atoms with van der Waals surface area (Å²) in [4.78, 5) is 12.7. The average Bonchev–Trinajstić information content (AvgIpc) is 2.83. The van der Waals surface area contributed by atoms with Gasteiger partial charge in [-0.15, -0.1) is 0 Å². The van der Waals surface area contributed by atoms with Crippen LogP contribution in [0.2, 0.25) is 0 Å². The van der Waals surface area contributed by atoms with Gasteiger partial charge in [0, 0.05) is 24.8 Å². The minimum Gasteiger partial charge on any atom is -0.495 e. The van der Waals surface area contributed by atoms with E-state index in [0.717, 1.165) is 30.2 Å². The Labute approximate surface area is 95.2 Å². The van der Waals surface area contributed by atoms with Crippen molar-refractivity contribution in [3.05, 3.63) is 18.2 Å². The number of nitrogens with zero attached hydrogens (tertiary/aromatic N) is 1. The molecule has 1 aliphatic heterocycles. The van der Waals surface area contributed by atoms with Crippen molar-refractivity contribution < 1.29 is 9.53 Å². The molecule has 0 aromatic heterocycles. The van der Waals surface area contributed by atoms with Gasteiger partial charge in [0.05, 0.1) is 12.8 Å². The van der Waals surface area contributed by atoms with Crippen LogP contribution in [0.3, 0.4) is 0 Å². The number of carbonyl (C=O) groups excluding carboxylic acids is 1. The van der Waals surface area contributed by atoms with E-state index in [-0.39, 0.29) is 0 Å². The summed E-state index contributed by atoms with van der Waals surface area (Å²) in [6.07, 6.45) is 3.14. The van der Waals surface area contributed by atoms with E-state index in [1.54, 1.807) is 7.11 Å². The van der Waals surface area contributed by atoms with Crippen LogP contribution < -0.4 is 15.0 Å². The number of nitrogens with one attached hydrogen (secondary N) is 1. The summed E-state index contributed by atoms with van der Waals surface area (Å²) in [6.45, 7) is 2.16. The third-order valence-corrected chi connectivity index (χ3v) is 2.85. The standard InChI is InChI=1S/C12H16N2O2/c1-16-12-8-10(13-9-15)4-5-11(12)14-6-2-3-7-14/h4-5,8-9H,2-3,6-7H2,1H3,(H,13,15). The molecule has 16 heavy (non-hydrogen) atoms. The fourth-order valence-corrected chi connectivity index (χ4v) is 2.05. The van der Waals surface area contributed by atoms with Crippen LogP contribution in [0, 0.1) is 0 Å². The van der Waals surface area contributed by atoms with E-state index in [0.29, 0.717) is 6.41 Å². The molecule has 2 rings (SSSR count). The summed E-state index contributed by atoms with van der Waals surface area (Å²) in [5.41, 5.74) is 1.87. The molecule has 1 saturated heterocycles. The first kappa shape index (κ1) is 10.8. The zero-order chi connectivity index (χ0) is 11.4. The van der Waals surface area contributed by atoms with Gasteiger partial charge in [0.2, 0.25) is 6.41 Å². The Morgan fingerprint density at radius 1 is 1.38 bits per heavy atom. The second-order valence-electron chi connectivity index (χ2n) is 3.84. The van der Waals surface area contributed by atoms with Gasteiger partial charge in [0.1, 0.15) is 5.75 Å². The largest absolute Gasteiger partial charge is 0.495 e. The molecule has 0 radical (unpaired) electrons. The molecule has 0 bridgehead atoms. The van der Waals surface area contributed by atoms with Crippen molar-refractivity contribution in [3.8, 4) is 5.75 Å². The second kappa shape index (κ2) is 4.88. The van der Waals surface area contributed by atoms with Gasteiger partial charge in [0.15, 0.2) is 0 Å². The van der Waals surface area contributed by atoms with Crippen LogP contribution in [0.4, 0.5) is 11.4 Å². The number of ether oxygens (including phenoxy) is 1. The molecule has 4 heteroatoms.